The summed E-state index contributed by atoms with van der Waals surface area (Å²) in [5, 5.41) is 21.6. The Balaban J connectivity index is 1.49. The number of carboxylic acid groups (broad SMARTS) is 1. The summed E-state index contributed by atoms with van der Waals surface area (Å²) in [4.78, 5) is 15.2. The molecule has 222 valence electrons. The van der Waals surface area contributed by atoms with Crippen molar-refractivity contribution >= 4 is 44.5 Å². The lowest BCUT2D eigenvalue weighted by atomic mass is 9.83. The average molecular weight is 643 g/mol. The number of nitrogens with two attached hydrogens (primary N) is 1. The topological polar surface area (TPSA) is 128 Å². The number of carbonyl (C=O) groups is 1. The number of aromatic nitrogens is 3. The lowest BCUT2D eigenvalue weighted by molar-refractivity contribution is 0.0691. The van der Waals surface area contributed by atoms with E-state index in [4.69, 9.17) is 21.8 Å². The second kappa shape index (κ2) is 11.1. The van der Waals surface area contributed by atoms with Crippen LogP contribution < -0.4 is 5.14 Å². The zero-order valence-corrected chi connectivity index (χ0v) is 24.9. The number of halogens is 3. The Hall–Kier alpha value is -3.71. The van der Waals surface area contributed by atoms with Crippen LogP contribution in [0.4, 0.5) is 8.78 Å². The van der Waals surface area contributed by atoms with Crippen LogP contribution in [0.1, 0.15) is 57.8 Å². The van der Waals surface area contributed by atoms with Crippen molar-refractivity contribution in [3.8, 4) is 5.13 Å². The molecule has 1 atom stereocenters. The molecule has 0 spiro atoms. The maximum absolute atomic E-state index is 17.3. The van der Waals surface area contributed by atoms with Crippen LogP contribution in [-0.2, 0) is 28.5 Å². The minimum Gasteiger partial charge on any atom is -0.476 e. The third-order valence-electron chi connectivity index (χ3n) is 7.56. The van der Waals surface area contributed by atoms with E-state index in [2.05, 4.69) is 4.98 Å². The first kappa shape index (κ1) is 29.4. The molecule has 0 aliphatic heterocycles. The highest BCUT2D eigenvalue weighted by Crippen LogP contribution is 2.44. The molecular weight excluding hydrogens is 618 g/mol. The van der Waals surface area contributed by atoms with Gasteiger partial charge in [0.25, 0.3) is 0 Å². The van der Waals surface area contributed by atoms with Crippen LogP contribution in [0.5, 0.6) is 0 Å². The first-order valence-electron chi connectivity index (χ1n) is 13.4. The van der Waals surface area contributed by atoms with E-state index in [9.17, 15) is 22.7 Å². The summed E-state index contributed by atoms with van der Waals surface area (Å²) in [5.74, 6) is -1.88. The van der Waals surface area contributed by atoms with Gasteiger partial charge < -0.3 is 5.11 Å². The molecule has 0 radical (unpaired) electrons. The van der Waals surface area contributed by atoms with Gasteiger partial charge in [-0.25, -0.2) is 36.8 Å². The first-order chi connectivity index (χ1) is 20.4. The Morgan fingerprint density at radius 1 is 1.21 bits per heavy atom. The van der Waals surface area contributed by atoms with E-state index in [0.717, 1.165) is 47.4 Å². The fourth-order valence-electron chi connectivity index (χ4n) is 5.25. The normalized spacial score (nSPS) is 18.6. The minimum absolute atomic E-state index is 0.0376. The number of alkyl halides is 1. The minimum atomic E-state index is -4.28. The van der Waals surface area contributed by atoms with E-state index in [1.165, 1.54) is 22.2 Å². The third-order valence-corrected chi connectivity index (χ3v) is 9.57. The molecule has 2 aliphatic rings. The number of allylic oxidation sites excluding steroid dienone is 4. The summed E-state index contributed by atoms with van der Waals surface area (Å²) in [6.45, 7) is 0. The Labute approximate surface area is 255 Å². The molecule has 4 aromatic rings. The van der Waals surface area contributed by atoms with Crippen molar-refractivity contribution in [2.45, 2.75) is 42.7 Å². The summed E-state index contributed by atoms with van der Waals surface area (Å²) in [7, 11) is -4.28. The number of aromatic carboxylic acids is 1. The summed E-state index contributed by atoms with van der Waals surface area (Å²) in [6, 6.07) is 10.7. The van der Waals surface area contributed by atoms with Crippen molar-refractivity contribution in [3.05, 3.63) is 111 Å². The monoisotopic (exact) mass is 642 g/mol. The van der Waals surface area contributed by atoms with Crippen molar-refractivity contribution in [2.24, 2.45) is 11.1 Å². The number of hydrogen-bond donors (Lipinski definition) is 2. The predicted molar refractivity (Wildman–Crippen MR) is 159 cm³/mol. The standard InChI is InChI=1S/C30H25ClF2N4O4S2/c31-21-8-6-19(7-9-21)20-2-1-11-30(33,15-20)27-22(12-18-5-10-26(23(32)13-18)43(34,40)41)25(14-17-3-4-17)37(36-27)29-35-24(16-42-29)28(38)39/h1-2,5-11,13,16-17H,3-4,12,14-15H2,(H,38,39)(H2,34,40,41). The maximum Gasteiger partial charge on any atom is 0.355 e. The van der Waals surface area contributed by atoms with Gasteiger partial charge >= 0.3 is 5.97 Å². The van der Waals surface area contributed by atoms with Crippen molar-refractivity contribution < 1.29 is 27.1 Å². The number of rotatable bonds is 9. The highest BCUT2D eigenvalue weighted by atomic mass is 35.5. The molecule has 8 nitrogen and oxygen atoms in total. The second-order valence-corrected chi connectivity index (χ2v) is 13.5. The fourth-order valence-corrected chi connectivity index (χ4v) is 6.74. The fraction of sp³-hybridized carbons (Fsp3) is 0.233. The number of carboxylic acids is 1. The van der Waals surface area contributed by atoms with Gasteiger partial charge in [-0.2, -0.15) is 5.10 Å². The molecule has 1 unspecified atom stereocenters. The smallest absolute Gasteiger partial charge is 0.355 e. The van der Waals surface area contributed by atoms with Crippen molar-refractivity contribution in [2.75, 3.05) is 0 Å². The molecule has 13 heteroatoms. The molecule has 2 aromatic carbocycles. The van der Waals surface area contributed by atoms with E-state index in [1.807, 2.05) is 18.2 Å². The largest absolute Gasteiger partial charge is 0.476 e. The molecule has 1 fully saturated rings. The molecule has 2 aliphatic carbocycles. The summed E-state index contributed by atoms with van der Waals surface area (Å²) in [5.41, 5.74) is 0.927. The van der Waals surface area contributed by atoms with Gasteiger partial charge in [0.2, 0.25) is 15.2 Å². The quantitative estimate of drug-likeness (QED) is 0.223. The molecule has 0 bridgehead atoms. The van der Waals surface area contributed by atoms with Gasteiger partial charge in [0.1, 0.15) is 16.4 Å². The van der Waals surface area contributed by atoms with Crippen LogP contribution in [0.25, 0.3) is 10.7 Å². The number of nitrogens with zero attached hydrogens (tertiary/aromatic N) is 3. The number of primary sulfonamides is 1. The molecule has 6 rings (SSSR count). The molecule has 0 amide bonds. The molecular formula is C30H25ClF2N4O4S2. The first-order valence-corrected chi connectivity index (χ1v) is 16.2. The lowest BCUT2D eigenvalue weighted by Gasteiger charge is -2.26. The van der Waals surface area contributed by atoms with Crippen molar-refractivity contribution in [1.29, 1.82) is 0 Å². The van der Waals surface area contributed by atoms with Crippen LogP contribution >= 0.6 is 22.9 Å². The van der Waals surface area contributed by atoms with Crippen LogP contribution in [0.15, 0.2) is 71.0 Å². The van der Waals surface area contributed by atoms with Gasteiger partial charge in [-0.3, -0.25) is 0 Å². The Kier molecular flexibility index (Phi) is 7.57. The van der Waals surface area contributed by atoms with E-state index < -0.39 is 32.4 Å². The zero-order valence-electron chi connectivity index (χ0n) is 22.5. The number of sulfonamides is 1. The highest BCUT2D eigenvalue weighted by molar-refractivity contribution is 7.89. The van der Waals surface area contributed by atoms with Crippen molar-refractivity contribution in [1.82, 2.24) is 14.8 Å². The molecule has 2 aromatic heterocycles. The number of benzene rings is 2. The van der Waals surface area contributed by atoms with Crippen LogP contribution in [0.3, 0.4) is 0 Å². The molecule has 3 N–H and O–H groups in total. The molecule has 2 heterocycles. The zero-order chi connectivity index (χ0) is 30.5. The van der Waals surface area contributed by atoms with E-state index in [-0.39, 0.29) is 29.4 Å². The van der Waals surface area contributed by atoms with E-state index in [0.29, 0.717) is 34.2 Å². The van der Waals surface area contributed by atoms with Crippen LogP contribution in [0.2, 0.25) is 5.02 Å². The summed E-state index contributed by atoms with van der Waals surface area (Å²) >= 11 is 7.14. The van der Waals surface area contributed by atoms with E-state index >= 15 is 4.39 Å². The van der Waals surface area contributed by atoms with Gasteiger partial charge in [-0.15, -0.1) is 11.3 Å². The van der Waals surface area contributed by atoms with Crippen LogP contribution in [0, 0.1) is 11.7 Å². The second-order valence-electron chi connectivity index (χ2n) is 10.7. The Bertz CT molecular complexity index is 1910. The molecule has 1 saturated carbocycles. The Morgan fingerprint density at radius 2 is 1.95 bits per heavy atom. The Morgan fingerprint density at radius 3 is 2.58 bits per heavy atom. The van der Waals surface area contributed by atoms with Gasteiger partial charge in [0.05, 0.1) is 5.69 Å². The third kappa shape index (κ3) is 6.05. The molecule has 0 saturated heterocycles. The van der Waals surface area contributed by atoms with Crippen molar-refractivity contribution in [3.63, 3.8) is 0 Å². The van der Waals surface area contributed by atoms with Crippen LogP contribution in [-0.4, -0.2) is 34.3 Å². The molecule has 43 heavy (non-hydrogen) atoms. The van der Waals surface area contributed by atoms with Gasteiger partial charge in [0.15, 0.2) is 11.4 Å². The van der Waals surface area contributed by atoms with Gasteiger partial charge in [-0.1, -0.05) is 42.0 Å². The highest BCUT2D eigenvalue weighted by Gasteiger charge is 2.40. The SMILES string of the molecule is NS(=O)(=O)c1ccc(Cc2c(C3(F)C=CC=C(c4ccc(Cl)cc4)C3)nn(-c3nc(C(=O)O)cs3)c2CC2CC2)cc1F. The average Bonchev–Trinajstić information content (AvgIpc) is 3.49. The van der Waals surface area contributed by atoms with Gasteiger partial charge in [0, 0.05) is 28.8 Å². The predicted octanol–water partition coefficient (Wildman–Crippen LogP) is 6.22. The van der Waals surface area contributed by atoms with Gasteiger partial charge in [-0.05, 0) is 72.2 Å². The summed E-state index contributed by atoms with van der Waals surface area (Å²) in [6.07, 6.45) is 7.35. The van der Waals surface area contributed by atoms with E-state index in [1.54, 1.807) is 18.2 Å². The summed E-state index contributed by atoms with van der Waals surface area (Å²) < 4.78 is 57.2. The number of thiazole rings is 1. The number of hydrogen-bond acceptors (Lipinski definition) is 6. The lowest BCUT2D eigenvalue weighted by Crippen LogP contribution is -2.22. The maximum atomic E-state index is 17.3.